The summed E-state index contributed by atoms with van der Waals surface area (Å²) in [6, 6.07) is 4.69. The molecule has 0 spiro atoms. The number of rotatable bonds is 4. The minimum Gasteiger partial charge on any atom is -0.467 e. The number of amides is 1. The van der Waals surface area contributed by atoms with Crippen molar-refractivity contribution < 1.29 is 18.7 Å². The predicted octanol–water partition coefficient (Wildman–Crippen LogP) is 2.26. The molecule has 1 heterocycles. The summed E-state index contributed by atoms with van der Waals surface area (Å²) in [5, 5.41) is 6.75. The van der Waals surface area contributed by atoms with Crippen LogP contribution in [0.5, 0.6) is 0 Å². The molecule has 2 aromatic rings. The molecule has 23 heavy (non-hydrogen) atoms. The zero-order chi connectivity index (χ0) is 17.1. The summed E-state index contributed by atoms with van der Waals surface area (Å²) in [7, 11) is 1.23. The van der Waals surface area contributed by atoms with Crippen molar-refractivity contribution in [3.05, 3.63) is 46.5 Å². The second-order valence-corrected chi connectivity index (χ2v) is 5.22. The van der Waals surface area contributed by atoms with Crippen molar-refractivity contribution in [1.82, 2.24) is 15.1 Å². The van der Waals surface area contributed by atoms with Crippen LogP contribution in [0.1, 0.15) is 23.0 Å². The van der Waals surface area contributed by atoms with Crippen LogP contribution < -0.4 is 5.32 Å². The summed E-state index contributed by atoms with van der Waals surface area (Å²) in [6.45, 7) is 3.11. The van der Waals surface area contributed by atoms with E-state index in [1.165, 1.54) is 43.0 Å². The average Bonchev–Trinajstić information content (AvgIpc) is 2.82. The number of benzene rings is 1. The summed E-state index contributed by atoms with van der Waals surface area (Å²) in [4.78, 5) is 23.7. The Morgan fingerprint density at radius 2 is 1.96 bits per heavy atom. The molecule has 1 aromatic carbocycles. The molecular formula is C15H15ClFN3O3. The lowest BCUT2D eigenvalue weighted by molar-refractivity contribution is -0.142. The normalized spacial score (nSPS) is 11.9. The first-order valence-electron chi connectivity index (χ1n) is 6.75. The van der Waals surface area contributed by atoms with Crippen molar-refractivity contribution in [2.75, 3.05) is 7.11 Å². The molecule has 1 amide bonds. The van der Waals surface area contributed by atoms with Gasteiger partial charge in [0.25, 0.3) is 5.91 Å². The smallest absolute Gasteiger partial charge is 0.328 e. The van der Waals surface area contributed by atoms with Crippen LogP contribution in [0.2, 0.25) is 5.15 Å². The van der Waals surface area contributed by atoms with Gasteiger partial charge in [0, 0.05) is 0 Å². The Morgan fingerprint density at radius 1 is 1.35 bits per heavy atom. The highest BCUT2D eigenvalue weighted by atomic mass is 35.5. The van der Waals surface area contributed by atoms with Gasteiger partial charge in [-0.2, -0.15) is 5.10 Å². The Bertz CT molecular complexity index is 743. The Kier molecular flexibility index (Phi) is 5.00. The van der Waals surface area contributed by atoms with E-state index in [4.69, 9.17) is 11.6 Å². The lowest BCUT2D eigenvalue weighted by atomic mass is 10.2. The van der Waals surface area contributed by atoms with Crippen molar-refractivity contribution in [1.29, 1.82) is 0 Å². The van der Waals surface area contributed by atoms with E-state index in [1.807, 2.05) is 0 Å². The van der Waals surface area contributed by atoms with Crippen LogP contribution in [0.15, 0.2) is 24.3 Å². The number of halogens is 2. The zero-order valence-corrected chi connectivity index (χ0v) is 13.5. The van der Waals surface area contributed by atoms with E-state index in [9.17, 15) is 14.0 Å². The number of nitrogens with zero attached hydrogens (tertiary/aromatic N) is 2. The van der Waals surface area contributed by atoms with Crippen LogP contribution in [0.3, 0.4) is 0 Å². The second-order valence-electron chi connectivity index (χ2n) is 4.86. The molecule has 1 N–H and O–H groups in total. The molecule has 1 atom stereocenters. The first-order valence-corrected chi connectivity index (χ1v) is 7.12. The van der Waals surface area contributed by atoms with Crippen molar-refractivity contribution >= 4 is 23.5 Å². The highest BCUT2D eigenvalue weighted by Gasteiger charge is 2.24. The molecule has 6 nitrogen and oxygen atoms in total. The third-order valence-electron chi connectivity index (χ3n) is 3.20. The lowest BCUT2D eigenvalue weighted by Crippen LogP contribution is -2.39. The molecule has 0 radical (unpaired) electrons. The minimum atomic E-state index is -0.822. The quantitative estimate of drug-likeness (QED) is 0.867. The molecule has 0 aliphatic carbocycles. The standard InChI is InChI=1S/C15H15ClFN3O3/c1-8-12(14(21)18-9(2)15(22)23-3)13(16)20(19-8)11-6-4-10(17)5-7-11/h4-7,9H,1-3H3,(H,18,21)/t9-/m0/s1. The summed E-state index contributed by atoms with van der Waals surface area (Å²) in [5.41, 5.74) is 1.04. The maximum Gasteiger partial charge on any atom is 0.328 e. The van der Waals surface area contributed by atoms with Crippen LogP contribution in [0.4, 0.5) is 4.39 Å². The van der Waals surface area contributed by atoms with E-state index in [1.54, 1.807) is 6.92 Å². The molecule has 0 saturated heterocycles. The molecule has 0 saturated carbocycles. The Balaban J connectivity index is 2.32. The van der Waals surface area contributed by atoms with Crippen LogP contribution in [-0.4, -0.2) is 34.8 Å². The van der Waals surface area contributed by atoms with Gasteiger partial charge in [-0.05, 0) is 38.1 Å². The van der Waals surface area contributed by atoms with Gasteiger partial charge in [-0.3, -0.25) is 4.79 Å². The first kappa shape index (κ1) is 17.0. The van der Waals surface area contributed by atoms with Crippen LogP contribution in [-0.2, 0) is 9.53 Å². The molecule has 0 aliphatic heterocycles. The van der Waals surface area contributed by atoms with Gasteiger partial charge in [0.15, 0.2) is 0 Å². The zero-order valence-electron chi connectivity index (χ0n) is 12.8. The van der Waals surface area contributed by atoms with Crippen molar-refractivity contribution in [2.45, 2.75) is 19.9 Å². The van der Waals surface area contributed by atoms with E-state index in [2.05, 4.69) is 15.2 Å². The maximum atomic E-state index is 13.0. The van der Waals surface area contributed by atoms with Gasteiger partial charge in [0.1, 0.15) is 17.0 Å². The van der Waals surface area contributed by atoms with Crippen LogP contribution >= 0.6 is 11.6 Å². The van der Waals surface area contributed by atoms with Gasteiger partial charge in [-0.15, -0.1) is 0 Å². The van der Waals surface area contributed by atoms with E-state index < -0.39 is 23.7 Å². The molecular weight excluding hydrogens is 325 g/mol. The van der Waals surface area contributed by atoms with Gasteiger partial charge in [-0.1, -0.05) is 11.6 Å². The molecule has 1 aromatic heterocycles. The summed E-state index contributed by atoms with van der Waals surface area (Å²) in [6.07, 6.45) is 0. The number of carbonyl (C=O) groups is 2. The van der Waals surface area contributed by atoms with Gasteiger partial charge in [-0.25, -0.2) is 13.9 Å². The number of esters is 1. The van der Waals surface area contributed by atoms with Gasteiger partial charge < -0.3 is 10.1 Å². The highest BCUT2D eigenvalue weighted by Crippen LogP contribution is 2.23. The van der Waals surface area contributed by atoms with Crippen LogP contribution in [0.25, 0.3) is 5.69 Å². The number of hydrogen-bond acceptors (Lipinski definition) is 4. The summed E-state index contributed by atoms with van der Waals surface area (Å²) in [5.74, 6) is -1.50. The number of methoxy groups -OCH3 is 1. The fourth-order valence-corrected chi connectivity index (χ4v) is 2.37. The van der Waals surface area contributed by atoms with E-state index >= 15 is 0 Å². The summed E-state index contributed by atoms with van der Waals surface area (Å²) >= 11 is 6.23. The van der Waals surface area contributed by atoms with E-state index in [-0.39, 0.29) is 10.7 Å². The molecule has 0 aliphatic rings. The second kappa shape index (κ2) is 6.78. The monoisotopic (exact) mass is 339 g/mol. The molecule has 122 valence electrons. The third kappa shape index (κ3) is 3.50. The van der Waals surface area contributed by atoms with Crippen LogP contribution in [0, 0.1) is 12.7 Å². The fourth-order valence-electron chi connectivity index (χ4n) is 2.01. The minimum absolute atomic E-state index is 0.0728. The van der Waals surface area contributed by atoms with E-state index in [0.29, 0.717) is 11.4 Å². The number of aromatic nitrogens is 2. The van der Waals surface area contributed by atoms with Gasteiger partial charge >= 0.3 is 5.97 Å². The van der Waals surface area contributed by atoms with Crippen molar-refractivity contribution in [2.24, 2.45) is 0 Å². The molecule has 8 heteroatoms. The molecule has 0 bridgehead atoms. The average molecular weight is 340 g/mol. The maximum absolute atomic E-state index is 13.0. The van der Waals surface area contributed by atoms with E-state index in [0.717, 1.165) is 0 Å². The number of carbonyl (C=O) groups excluding carboxylic acids is 2. The number of nitrogens with one attached hydrogen (secondary N) is 1. The van der Waals surface area contributed by atoms with Gasteiger partial charge in [0.2, 0.25) is 0 Å². The Hall–Kier alpha value is -2.41. The van der Waals surface area contributed by atoms with Gasteiger partial charge in [0.05, 0.1) is 24.1 Å². The Labute approximate surface area is 137 Å². The topological polar surface area (TPSA) is 73.2 Å². The predicted molar refractivity (Wildman–Crippen MR) is 82.2 cm³/mol. The molecule has 0 fully saturated rings. The Morgan fingerprint density at radius 3 is 2.52 bits per heavy atom. The number of hydrogen-bond donors (Lipinski definition) is 1. The lowest BCUT2D eigenvalue weighted by Gasteiger charge is -2.11. The third-order valence-corrected chi connectivity index (χ3v) is 3.55. The SMILES string of the molecule is COC(=O)[C@H](C)NC(=O)c1c(C)nn(-c2ccc(F)cc2)c1Cl. The molecule has 2 rings (SSSR count). The highest BCUT2D eigenvalue weighted by molar-refractivity contribution is 6.33. The summed E-state index contributed by atoms with van der Waals surface area (Å²) < 4.78 is 18.9. The number of ether oxygens (including phenoxy) is 1. The largest absolute Gasteiger partial charge is 0.467 e. The number of aryl methyl sites for hydroxylation is 1. The van der Waals surface area contributed by atoms with Crippen molar-refractivity contribution in [3.8, 4) is 5.69 Å². The van der Waals surface area contributed by atoms with Crippen molar-refractivity contribution in [3.63, 3.8) is 0 Å². The first-order chi connectivity index (χ1) is 10.8. The molecule has 0 unspecified atom stereocenters. The fraction of sp³-hybridized carbons (Fsp3) is 0.267.